The van der Waals surface area contributed by atoms with Gasteiger partial charge in [0.2, 0.25) is 5.69 Å². The van der Waals surface area contributed by atoms with Crippen molar-refractivity contribution >= 4 is 34.8 Å². The monoisotopic (exact) mass is 425 g/mol. The molecule has 2 aromatic carbocycles. The molecule has 0 N–H and O–H groups in total. The average Bonchev–Trinajstić information content (AvgIpc) is 3.26. The lowest BCUT2D eigenvalue weighted by atomic mass is 9.74. The highest BCUT2D eigenvalue weighted by Crippen LogP contribution is 2.44. The van der Waals surface area contributed by atoms with Gasteiger partial charge in [-0.3, -0.25) is 0 Å². The van der Waals surface area contributed by atoms with Crippen molar-refractivity contribution in [2.45, 2.75) is 39.0 Å². The lowest BCUT2D eigenvalue weighted by molar-refractivity contribution is -0.437. The maximum absolute atomic E-state index is 6.49. The van der Waals surface area contributed by atoms with Crippen LogP contribution in [0.4, 0.5) is 5.69 Å². The zero-order chi connectivity index (χ0) is 20.4. The van der Waals surface area contributed by atoms with E-state index in [2.05, 4.69) is 78.8 Å². The van der Waals surface area contributed by atoms with Crippen molar-refractivity contribution in [3.05, 3.63) is 75.8 Å². The van der Waals surface area contributed by atoms with Crippen LogP contribution in [-0.2, 0) is 11.8 Å². The molecule has 0 spiro atoms. The first kappa shape index (κ1) is 20.6. The van der Waals surface area contributed by atoms with Crippen molar-refractivity contribution in [1.29, 1.82) is 0 Å². The van der Waals surface area contributed by atoms with Gasteiger partial charge in [0, 0.05) is 48.0 Å². The van der Waals surface area contributed by atoms with Crippen molar-refractivity contribution < 1.29 is 4.58 Å². The van der Waals surface area contributed by atoms with E-state index in [-0.39, 0.29) is 5.41 Å². The Morgan fingerprint density at radius 3 is 2.69 bits per heavy atom. The molecule has 0 aliphatic carbocycles. The molecule has 152 valence electrons. The minimum Gasteiger partial charge on any atom is -0.366 e. The fourth-order valence-corrected chi connectivity index (χ4v) is 5.96. The Balaban J connectivity index is 1.89. The topological polar surface area (TPSA) is 6.25 Å². The van der Waals surface area contributed by atoms with E-state index >= 15 is 0 Å². The zero-order valence-electron chi connectivity index (χ0n) is 17.6. The maximum atomic E-state index is 6.49. The minimum absolute atomic E-state index is 0.105. The predicted molar refractivity (Wildman–Crippen MR) is 127 cm³/mol. The number of allylic oxidation sites excluding steroid dienone is 1. The largest absolute Gasteiger partial charge is 0.366 e. The van der Waals surface area contributed by atoms with Gasteiger partial charge < -0.3 is 4.90 Å². The highest BCUT2D eigenvalue weighted by atomic mass is 35.5. The zero-order valence-corrected chi connectivity index (χ0v) is 19.2. The predicted octanol–water partition coefficient (Wildman–Crippen LogP) is 6.26. The molecule has 1 saturated heterocycles. The van der Waals surface area contributed by atoms with Crippen LogP contribution in [0.15, 0.2) is 59.6 Å². The molecule has 1 unspecified atom stereocenters. The minimum atomic E-state index is -0.105. The molecule has 0 saturated carbocycles. The summed E-state index contributed by atoms with van der Waals surface area (Å²) < 4.78 is 2.54. The Hall–Kier alpha value is -1.71. The number of rotatable bonds is 6. The van der Waals surface area contributed by atoms with E-state index in [4.69, 9.17) is 11.6 Å². The fraction of sp³-hybridized carbons (Fsp3) is 0.400. The van der Waals surface area contributed by atoms with E-state index < -0.39 is 0 Å². The third kappa shape index (κ3) is 3.87. The molecule has 4 heteroatoms. The van der Waals surface area contributed by atoms with Crippen LogP contribution in [0.1, 0.15) is 38.3 Å². The number of halogens is 1. The summed E-state index contributed by atoms with van der Waals surface area (Å²) in [4.78, 5) is 2.50. The van der Waals surface area contributed by atoms with E-state index in [1.165, 1.54) is 33.3 Å². The smallest absolute Gasteiger partial charge is 0.209 e. The summed E-state index contributed by atoms with van der Waals surface area (Å²) in [5.41, 5.74) is 5.32. The number of thioether (sulfide) groups is 1. The molecule has 2 aliphatic heterocycles. The van der Waals surface area contributed by atoms with E-state index in [9.17, 15) is 0 Å². The normalized spacial score (nSPS) is 22.6. The number of fused-ring (bicyclic) bond motifs is 1. The van der Waals surface area contributed by atoms with Gasteiger partial charge in [0.05, 0.1) is 10.4 Å². The van der Waals surface area contributed by atoms with Gasteiger partial charge in [-0.25, -0.2) is 0 Å². The van der Waals surface area contributed by atoms with Crippen LogP contribution in [0.5, 0.6) is 0 Å². The van der Waals surface area contributed by atoms with Crippen molar-refractivity contribution in [2.75, 3.05) is 25.4 Å². The Labute approximate surface area is 184 Å². The molecule has 2 heterocycles. The first-order chi connectivity index (χ1) is 14.1. The highest BCUT2D eigenvalue weighted by Gasteiger charge is 2.48. The first-order valence-electron chi connectivity index (χ1n) is 10.6. The molecule has 2 aliphatic rings. The van der Waals surface area contributed by atoms with Crippen LogP contribution in [0.3, 0.4) is 0 Å². The van der Waals surface area contributed by atoms with Crippen LogP contribution in [0.2, 0.25) is 5.02 Å². The molecular formula is C25H30ClN2S+. The van der Waals surface area contributed by atoms with Crippen molar-refractivity contribution in [3.63, 3.8) is 0 Å². The Bertz CT molecular complexity index is 951. The summed E-state index contributed by atoms with van der Waals surface area (Å²) in [7, 11) is 0. The molecule has 0 radical (unpaired) electrons. The summed E-state index contributed by atoms with van der Waals surface area (Å²) in [6, 6.07) is 17.3. The van der Waals surface area contributed by atoms with Gasteiger partial charge in [-0.2, -0.15) is 4.58 Å². The van der Waals surface area contributed by atoms with Crippen LogP contribution >= 0.6 is 23.4 Å². The molecule has 0 amide bonds. The van der Waals surface area contributed by atoms with E-state index in [1.807, 2.05) is 17.8 Å². The lowest BCUT2D eigenvalue weighted by Gasteiger charge is -2.24. The molecule has 1 atom stereocenters. The number of nitrogens with zero attached hydrogens (tertiary/aromatic N) is 2. The van der Waals surface area contributed by atoms with Gasteiger partial charge in [0.15, 0.2) is 5.71 Å². The second-order valence-corrected chi connectivity index (χ2v) is 9.66. The Morgan fingerprint density at radius 1 is 1.17 bits per heavy atom. The average molecular weight is 426 g/mol. The second kappa shape index (κ2) is 8.57. The Morgan fingerprint density at radius 2 is 1.97 bits per heavy atom. The molecule has 2 nitrogen and oxygen atoms in total. The number of hydrogen-bond donors (Lipinski definition) is 0. The Kier molecular flexibility index (Phi) is 6.08. The fourth-order valence-electron chi connectivity index (χ4n) is 4.67. The van der Waals surface area contributed by atoms with Crippen LogP contribution in [-0.4, -0.2) is 40.6 Å². The van der Waals surface area contributed by atoms with Crippen molar-refractivity contribution in [1.82, 2.24) is 4.90 Å². The molecule has 1 fully saturated rings. The lowest BCUT2D eigenvalue weighted by Crippen LogP contribution is -2.34. The standard InChI is InChI=1S/C25H30ClN2S/c1-4-13-28-22-12-11-20(26)16-21(22)25(3,18-19-9-7-6-8-10-19)23(28)17-24-27(5-2)14-15-29-24/h6-12,16-17H,4-5,13-15,18H2,1-3H3/q+1. The third-order valence-electron chi connectivity index (χ3n) is 6.11. The van der Waals surface area contributed by atoms with Gasteiger partial charge in [0.25, 0.3) is 0 Å². The number of hydrogen-bond acceptors (Lipinski definition) is 2. The first-order valence-corrected chi connectivity index (χ1v) is 12.0. The highest BCUT2D eigenvalue weighted by molar-refractivity contribution is 8.03. The van der Waals surface area contributed by atoms with E-state index in [0.29, 0.717) is 0 Å². The van der Waals surface area contributed by atoms with Gasteiger partial charge in [-0.15, -0.1) is 11.8 Å². The van der Waals surface area contributed by atoms with Crippen LogP contribution in [0.25, 0.3) is 0 Å². The summed E-state index contributed by atoms with van der Waals surface area (Å²) in [6.45, 7) is 10.1. The summed E-state index contributed by atoms with van der Waals surface area (Å²) in [5.74, 6) is 1.18. The number of benzene rings is 2. The van der Waals surface area contributed by atoms with Gasteiger partial charge in [-0.1, -0.05) is 48.9 Å². The second-order valence-electron chi connectivity index (χ2n) is 8.10. The molecule has 0 bridgehead atoms. The van der Waals surface area contributed by atoms with Crippen molar-refractivity contribution in [3.8, 4) is 0 Å². The molecule has 29 heavy (non-hydrogen) atoms. The quantitative estimate of drug-likeness (QED) is 0.504. The van der Waals surface area contributed by atoms with Crippen LogP contribution < -0.4 is 0 Å². The van der Waals surface area contributed by atoms with Crippen LogP contribution in [0, 0.1) is 0 Å². The maximum Gasteiger partial charge on any atom is 0.209 e. The van der Waals surface area contributed by atoms with Gasteiger partial charge in [-0.05, 0) is 38.0 Å². The van der Waals surface area contributed by atoms with Gasteiger partial charge in [0.1, 0.15) is 6.54 Å². The molecule has 4 rings (SSSR count). The van der Waals surface area contributed by atoms with E-state index in [1.54, 1.807) is 0 Å². The van der Waals surface area contributed by atoms with Gasteiger partial charge >= 0.3 is 0 Å². The molecule has 0 aromatic heterocycles. The van der Waals surface area contributed by atoms with Crippen molar-refractivity contribution in [2.24, 2.45) is 0 Å². The summed E-state index contributed by atoms with van der Waals surface area (Å²) in [6.07, 6.45) is 4.55. The molecular weight excluding hydrogens is 396 g/mol. The third-order valence-corrected chi connectivity index (χ3v) is 7.41. The van der Waals surface area contributed by atoms with E-state index in [0.717, 1.165) is 37.5 Å². The summed E-state index contributed by atoms with van der Waals surface area (Å²) in [5, 5.41) is 2.22. The summed E-state index contributed by atoms with van der Waals surface area (Å²) >= 11 is 8.47. The molecule has 2 aromatic rings. The SMILES string of the molecule is CCC[N+]1=C(/C=C2\SCCN2CC)C(C)(Cc2ccccc2)c2cc(Cl)ccc21.